The Hall–Kier alpha value is -3.88. The average Bonchev–Trinajstić information content (AvgIpc) is 3.43. The van der Waals surface area contributed by atoms with Gasteiger partial charge < -0.3 is 20.4 Å². The first-order valence-electron chi connectivity index (χ1n) is 20.9. The molecule has 56 heavy (non-hydrogen) atoms. The van der Waals surface area contributed by atoms with Crippen LogP contribution in [0.1, 0.15) is 137 Å². The number of aliphatic hydroxyl groups excluding tert-OH is 1. The van der Waals surface area contributed by atoms with Crippen molar-refractivity contribution in [2.75, 3.05) is 13.1 Å². The number of aliphatic hydroxyl groups is 2. The Bertz CT molecular complexity index is 1960. The van der Waals surface area contributed by atoms with E-state index >= 15 is 0 Å². The third-order valence-electron chi connectivity index (χ3n) is 14.9. The molecule has 0 radical (unpaired) electrons. The molecule has 8 atom stereocenters. The van der Waals surface area contributed by atoms with Gasteiger partial charge in [0.2, 0.25) is 0 Å². The lowest BCUT2D eigenvalue weighted by atomic mass is 9.45. The number of nitrogens with one attached hydrogen (secondary N) is 1. The standard InChI is InChI=1S/C48H60F2N2O4/c1-30-10-9-22-47(5)40(38-19-14-32(24-37(53)18-13-30)25-39(38)44(54)34-16-20-42(49)43(50)26-34)21-23-48(47,56)29-52(28-35-15-17-36-27-41(35)46(36,3)4)45(55)51-31(2)33-11-7-6-8-12-33/h6-8,10-12,14,16,19-20,25-26,31,35-37,40-41,53,56H,9,13,15,17-18,21-24,27-29H2,1-5H3,(H,51,55)/t31-,35+,36+,37+,40+,41+,47+,48-/m1/s1. The smallest absolute Gasteiger partial charge is 0.317 e. The summed E-state index contributed by atoms with van der Waals surface area (Å²) < 4.78 is 28.5. The summed E-state index contributed by atoms with van der Waals surface area (Å²) in [5, 5.41) is 27.5. The number of hydrogen-bond acceptors (Lipinski definition) is 4. The van der Waals surface area contributed by atoms with Crippen molar-refractivity contribution in [2.45, 2.75) is 122 Å². The van der Waals surface area contributed by atoms with Crippen LogP contribution in [0.2, 0.25) is 0 Å². The fourth-order valence-corrected chi connectivity index (χ4v) is 11.1. The van der Waals surface area contributed by atoms with Crippen molar-refractivity contribution in [2.24, 2.45) is 28.6 Å². The number of benzene rings is 3. The number of nitrogens with zero attached hydrogens (tertiary/aromatic N) is 1. The van der Waals surface area contributed by atoms with Crippen LogP contribution in [0, 0.1) is 40.2 Å². The highest BCUT2D eigenvalue weighted by molar-refractivity contribution is 6.10. The highest BCUT2D eigenvalue weighted by Crippen LogP contribution is 2.62. The zero-order valence-corrected chi connectivity index (χ0v) is 33.8. The molecule has 4 fully saturated rings. The Morgan fingerprint density at radius 1 is 0.946 bits per heavy atom. The normalized spacial score (nSPS) is 30.3. The average molecular weight is 767 g/mol. The van der Waals surface area contributed by atoms with Crippen molar-refractivity contribution in [3.63, 3.8) is 0 Å². The van der Waals surface area contributed by atoms with E-state index in [1.165, 1.54) is 18.1 Å². The first-order valence-corrected chi connectivity index (χ1v) is 20.9. The number of amides is 2. The second-order valence-electron chi connectivity index (χ2n) is 18.6. The molecule has 300 valence electrons. The minimum atomic E-state index is -1.30. The predicted octanol–water partition coefficient (Wildman–Crippen LogP) is 10.1. The first kappa shape index (κ1) is 40.3. The van der Waals surface area contributed by atoms with E-state index in [9.17, 15) is 28.6 Å². The van der Waals surface area contributed by atoms with Gasteiger partial charge in [0.05, 0.1) is 24.3 Å². The minimum absolute atomic E-state index is 0.0431. The summed E-state index contributed by atoms with van der Waals surface area (Å²) in [6.07, 6.45) is 8.92. The number of ketones is 1. The molecule has 3 aromatic carbocycles. The maximum Gasteiger partial charge on any atom is 0.317 e. The number of allylic oxidation sites excluding steroid dienone is 2. The van der Waals surface area contributed by atoms with Gasteiger partial charge in [0.1, 0.15) is 0 Å². The van der Waals surface area contributed by atoms with Gasteiger partial charge in [-0.2, -0.15) is 0 Å². The van der Waals surface area contributed by atoms with E-state index in [1.54, 1.807) is 6.07 Å². The predicted molar refractivity (Wildman–Crippen MR) is 216 cm³/mol. The van der Waals surface area contributed by atoms with E-state index in [0.29, 0.717) is 62.5 Å². The topological polar surface area (TPSA) is 89.9 Å². The first-order chi connectivity index (χ1) is 26.6. The van der Waals surface area contributed by atoms with Crippen LogP contribution in [-0.4, -0.2) is 51.7 Å². The maximum atomic E-state index is 14.5. The van der Waals surface area contributed by atoms with Crippen LogP contribution in [0.15, 0.2) is 78.4 Å². The molecular formula is C48H60F2N2O4. The highest BCUT2D eigenvalue weighted by Gasteiger charge is 2.59. The van der Waals surface area contributed by atoms with Crippen LogP contribution >= 0.6 is 0 Å². The van der Waals surface area contributed by atoms with Crippen LogP contribution in [0.5, 0.6) is 0 Å². The molecule has 0 spiro atoms. The molecule has 0 heterocycles. The molecule has 6 nitrogen and oxygen atoms in total. The van der Waals surface area contributed by atoms with Crippen molar-refractivity contribution in [1.29, 1.82) is 0 Å². The van der Waals surface area contributed by atoms with E-state index in [2.05, 4.69) is 39.1 Å². The van der Waals surface area contributed by atoms with Gasteiger partial charge in [0.25, 0.3) is 0 Å². The SMILES string of the molecule is CC1=CCC[C@@]2(C)[C@@H](CC[C@@]2(O)CN(C[C@@H]2CC[C@H]3C[C@@H]2C3(C)C)C(=O)N[C@H](C)c2ccccc2)c2ccc(cc2C(=O)c2ccc(F)c(F)c2)C[C@@H](O)CC1. The molecular weight excluding hydrogens is 707 g/mol. The Labute approximate surface area is 331 Å². The summed E-state index contributed by atoms with van der Waals surface area (Å²) in [6, 6.07) is 18.5. The Kier molecular flexibility index (Phi) is 11.4. The van der Waals surface area contributed by atoms with Crippen molar-refractivity contribution in [3.05, 3.63) is 118 Å². The minimum Gasteiger partial charge on any atom is -0.393 e. The van der Waals surface area contributed by atoms with Crippen molar-refractivity contribution in [1.82, 2.24) is 10.2 Å². The zero-order chi connectivity index (χ0) is 40.0. The van der Waals surface area contributed by atoms with Crippen LogP contribution in [-0.2, 0) is 6.42 Å². The molecule has 6 aliphatic carbocycles. The molecule has 0 unspecified atom stereocenters. The fourth-order valence-electron chi connectivity index (χ4n) is 11.1. The van der Waals surface area contributed by atoms with Crippen molar-refractivity contribution < 1.29 is 28.6 Å². The van der Waals surface area contributed by atoms with Crippen LogP contribution in [0.4, 0.5) is 13.6 Å². The molecule has 0 aliphatic heterocycles. The van der Waals surface area contributed by atoms with E-state index in [1.807, 2.05) is 54.3 Å². The number of fused-ring (bicyclic) bond motifs is 10. The molecule has 2 amide bonds. The molecule has 3 aromatic rings. The number of carbonyl (C=O) groups is 2. The molecule has 9 rings (SSSR count). The third-order valence-corrected chi connectivity index (χ3v) is 14.9. The number of carbonyl (C=O) groups excluding carboxylic acids is 2. The van der Waals surface area contributed by atoms with Gasteiger partial charge in [-0.25, -0.2) is 13.6 Å². The number of urea groups is 1. The molecule has 4 bridgehead atoms. The summed E-state index contributed by atoms with van der Waals surface area (Å²) in [5.74, 6) is -1.24. The van der Waals surface area contributed by atoms with E-state index in [-0.39, 0.29) is 35.5 Å². The second kappa shape index (κ2) is 15.8. The fraction of sp³-hybridized carbons (Fsp3) is 0.542. The Morgan fingerprint density at radius 2 is 1.71 bits per heavy atom. The van der Waals surface area contributed by atoms with Crippen LogP contribution in [0.25, 0.3) is 0 Å². The number of rotatable bonds is 8. The van der Waals surface area contributed by atoms with E-state index in [0.717, 1.165) is 54.0 Å². The van der Waals surface area contributed by atoms with Crippen molar-refractivity contribution >= 4 is 11.8 Å². The van der Waals surface area contributed by atoms with Gasteiger partial charge in [-0.15, -0.1) is 0 Å². The molecule has 4 saturated carbocycles. The van der Waals surface area contributed by atoms with Crippen LogP contribution in [0.3, 0.4) is 0 Å². The lowest BCUT2D eigenvalue weighted by Gasteiger charge is -2.60. The molecule has 6 aliphatic rings. The Balaban J connectivity index is 1.27. The summed E-state index contributed by atoms with van der Waals surface area (Å²) in [5.41, 5.74) is 2.31. The van der Waals surface area contributed by atoms with Gasteiger partial charge in [-0.3, -0.25) is 4.79 Å². The molecule has 0 aromatic heterocycles. The zero-order valence-electron chi connectivity index (χ0n) is 33.8. The monoisotopic (exact) mass is 766 g/mol. The largest absolute Gasteiger partial charge is 0.393 e. The maximum absolute atomic E-state index is 14.5. The second-order valence-corrected chi connectivity index (χ2v) is 18.6. The van der Waals surface area contributed by atoms with Gasteiger partial charge in [0, 0.05) is 23.1 Å². The number of hydrogen-bond donors (Lipinski definition) is 3. The Morgan fingerprint density at radius 3 is 2.43 bits per heavy atom. The third kappa shape index (κ3) is 7.72. The summed E-state index contributed by atoms with van der Waals surface area (Å²) >= 11 is 0. The summed E-state index contributed by atoms with van der Waals surface area (Å²) in [4.78, 5) is 30.8. The quantitative estimate of drug-likeness (QED) is 0.157. The lowest BCUT2D eigenvalue weighted by Crippen LogP contribution is -2.59. The van der Waals surface area contributed by atoms with Crippen molar-refractivity contribution in [3.8, 4) is 0 Å². The highest BCUT2D eigenvalue weighted by atomic mass is 19.2. The van der Waals surface area contributed by atoms with Gasteiger partial charge in [0.15, 0.2) is 17.4 Å². The van der Waals surface area contributed by atoms with Crippen LogP contribution < -0.4 is 5.32 Å². The molecule has 3 N–H and O–H groups in total. The van der Waals surface area contributed by atoms with Gasteiger partial charge >= 0.3 is 6.03 Å². The van der Waals surface area contributed by atoms with E-state index in [4.69, 9.17) is 0 Å². The van der Waals surface area contributed by atoms with Gasteiger partial charge in [-0.05, 0) is 148 Å². The number of halogens is 2. The molecule has 8 heteroatoms. The van der Waals surface area contributed by atoms with Gasteiger partial charge in [-0.1, -0.05) is 74.9 Å². The summed E-state index contributed by atoms with van der Waals surface area (Å²) in [6.45, 7) is 11.6. The lowest BCUT2D eigenvalue weighted by molar-refractivity contribution is -0.118. The van der Waals surface area contributed by atoms with E-state index < -0.39 is 34.5 Å². The molecule has 0 saturated heterocycles. The summed E-state index contributed by atoms with van der Waals surface area (Å²) in [7, 11) is 0.